The maximum atomic E-state index is 14.1. The van der Waals surface area contributed by atoms with Crippen molar-refractivity contribution in [2.45, 2.75) is 11.8 Å². The molecule has 3 rings (SSSR count). The topological polar surface area (TPSA) is 75.7 Å². The minimum atomic E-state index is -4.24. The second-order valence-electron chi connectivity index (χ2n) is 6.56. The molecule has 0 heterocycles. The van der Waals surface area contributed by atoms with Gasteiger partial charge in [0, 0.05) is 4.47 Å². The van der Waals surface area contributed by atoms with Crippen LogP contribution in [0.15, 0.2) is 76.1 Å². The van der Waals surface area contributed by atoms with E-state index in [1.165, 1.54) is 30.3 Å². The first-order chi connectivity index (χ1) is 15.2. The number of anilines is 2. The maximum absolute atomic E-state index is 14.1. The number of amides is 1. The van der Waals surface area contributed by atoms with Crippen LogP contribution in [0.5, 0.6) is 5.75 Å². The Morgan fingerprint density at radius 1 is 1.03 bits per heavy atom. The van der Waals surface area contributed by atoms with E-state index < -0.39 is 34.1 Å². The lowest BCUT2D eigenvalue weighted by Crippen LogP contribution is -2.38. The third kappa shape index (κ3) is 5.63. The normalized spacial score (nSPS) is 11.1. The third-order valence-electron chi connectivity index (χ3n) is 4.33. The predicted octanol–water partition coefficient (Wildman–Crippen LogP) is 4.96. The highest BCUT2D eigenvalue weighted by Crippen LogP contribution is 2.26. The second-order valence-corrected chi connectivity index (χ2v) is 9.34. The van der Waals surface area contributed by atoms with Crippen molar-refractivity contribution in [2.24, 2.45) is 0 Å². The lowest BCUT2D eigenvalue weighted by atomic mass is 10.3. The van der Waals surface area contributed by atoms with Gasteiger partial charge in [0.25, 0.3) is 10.0 Å². The van der Waals surface area contributed by atoms with E-state index in [2.05, 4.69) is 21.2 Å². The SMILES string of the molecule is CCOc1ccc(N(CC(=O)Nc2ccc(Br)cc2F)S(=O)(=O)c2ccc(F)cc2)cc1. The van der Waals surface area contributed by atoms with E-state index >= 15 is 0 Å². The molecule has 1 N–H and O–H groups in total. The first kappa shape index (κ1) is 23.7. The highest BCUT2D eigenvalue weighted by molar-refractivity contribution is 9.10. The monoisotopic (exact) mass is 524 g/mol. The summed E-state index contributed by atoms with van der Waals surface area (Å²) in [5.74, 6) is -1.51. The molecule has 0 spiro atoms. The smallest absolute Gasteiger partial charge is 0.264 e. The summed E-state index contributed by atoms with van der Waals surface area (Å²) in [5.41, 5.74) is 0.0910. The Kier molecular flexibility index (Phi) is 7.47. The van der Waals surface area contributed by atoms with Gasteiger partial charge in [0.05, 0.1) is 22.9 Å². The molecule has 168 valence electrons. The lowest BCUT2D eigenvalue weighted by Gasteiger charge is -2.24. The van der Waals surface area contributed by atoms with Crippen molar-refractivity contribution in [1.29, 1.82) is 0 Å². The van der Waals surface area contributed by atoms with Crippen molar-refractivity contribution in [3.63, 3.8) is 0 Å². The van der Waals surface area contributed by atoms with Crippen LogP contribution in [0.2, 0.25) is 0 Å². The number of benzene rings is 3. The van der Waals surface area contributed by atoms with Gasteiger partial charge < -0.3 is 10.1 Å². The van der Waals surface area contributed by atoms with Crippen molar-refractivity contribution >= 4 is 43.2 Å². The molecule has 0 saturated heterocycles. The fourth-order valence-electron chi connectivity index (χ4n) is 2.84. The Balaban J connectivity index is 1.94. The largest absolute Gasteiger partial charge is 0.494 e. The van der Waals surface area contributed by atoms with Crippen LogP contribution in [0.4, 0.5) is 20.2 Å². The van der Waals surface area contributed by atoms with Gasteiger partial charge in [-0.15, -0.1) is 0 Å². The molecule has 0 bridgehead atoms. The number of sulfonamides is 1. The summed E-state index contributed by atoms with van der Waals surface area (Å²) in [5, 5.41) is 2.38. The molecule has 0 aliphatic heterocycles. The molecular weight excluding hydrogens is 506 g/mol. The summed E-state index contributed by atoms with van der Waals surface area (Å²) in [4.78, 5) is 12.5. The minimum Gasteiger partial charge on any atom is -0.494 e. The molecule has 0 saturated carbocycles. The molecule has 0 unspecified atom stereocenters. The molecule has 3 aromatic rings. The summed E-state index contributed by atoms with van der Waals surface area (Å²) in [6, 6.07) is 14.4. The van der Waals surface area contributed by atoms with E-state index in [0.717, 1.165) is 28.6 Å². The van der Waals surface area contributed by atoms with Gasteiger partial charge in [-0.1, -0.05) is 15.9 Å². The van der Waals surface area contributed by atoms with Crippen molar-refractivity contribution in [3.05, 3.63) is 82.8 Å². The Morgan fingerprint density at radius 2 is 1.69 bits per heavy atom. The molecule has 0 aliphatic carbocycles. The zero-order valence-corrected chi connectivity index (χ0v) is 19.3. The fraction of sp³-hybridized carbons (Fsp3) is 0.136. The van der Waals surface area contributed by atoms with Crippen LogP contribution in [-0.2, 0) is 14.8 Å². The number of rotatable bonds is 8. The highest BCUT2D eigenvalue weighted by Gasteiger charge is 2.27. The summed E-state index contributed by atoms with van der Waals surface area (Å²) in [7, 11) is -4.24. The summed E-state index contributed by atoms with van der Waals surface area (Å²) in [6.45, 7) is 1.60. The molecule has 10 heteroatoms. The van der Waals surface area contributed by atoms with Crippen LogP contribution in [0.25, 0.3) is 0 Å². The number of halogens is 3. The van der Waals surface area contributed by atoms with Crippen LogP contribution < -0.4 is 14.4 Å². The van der Waals surface area contributed by atoms with Crippen molar-refractivity contribution in [3.8, 4) is 5.75 Å². The van der Waals surface area contributed by atoms with E-state index in [9.17, 15) is 22.0 Å². The Bertz CT molecular complexity index is 1200. The molecule has 0 aliphatic rings. The highest BCUT2D eigenvalue weighted by atomic mass is 79.9. The number of nitrogens with zero attached hydrogens (tertiary/aromatic N) is 1. The molecule has 6 nitrogen and oxygen atoms in total. The molecule has 1 amide bonds. The number of hydrogen-bond donors (Lipinski definition) is 1. The molecular formula is C22H19BrF2N2O4S. The number of carbonyl (C=O) groups is 1. The maximum Gasteiger partial charge on any atom is 0.264 e. The van der Waals surface area contributed by atoms with Gasteiger partial charge in [-0.25, -0.2) is 17.2 Å². The number of carbonyl (C=O) groups excluding carboxylic acids is 1. The molecule has 0 atom stereocenters. The molecule has 0 aromatic heterocycles. The van der Waals surface area contributed by atoms with E-state index in [4.69, 9.17) is 4.74 Å². The number of ether oxygens (including phenoxy) is 1. The predicted molar refractivity (Wildman–Crippen MR) is 121 cm³/mol. The van der Waals surface area contributed by atoms with Gasteiger partial charge in [0.15, 0.2) is 0 Å². The Labute approximate surface area is 193 Å². The number of nitrogens with one attached hydrogen (secondary N) is 1. The van der Waals surface area contributed by atoms with Crippen molar-refractivity contribution in [2.75, 3.05) is 22.8 Å². The Morgan fingerprint density at radius 3 is 2.28 bits per heavy atom. The Hall–Kier alpha value is -2.98. The first-order valence-electron chi connectivity index (χ1n) is 9.47. The van der Waals surface area contributed by atoms with E-state index in [1.807, 2.05) is 6.92 Å². The first-order valence-corrected chi connectivity index (χ1v) is 11.7. The van der Waals surface area contributed by atoms with E-state index in [0.29, 0.717) is 16.8 Å². The average molecular weight is 525 g/mol. The average Bonchev–Trinajstić information content (AvgIpc) is 2.75. The zero-order chi connectivity index (χ0) is 23.3. The zero-order valence-electron chi connectivity index (χ0n) is 16.9. The molecule has 0 radical (unpaired) electrons. The van der Waals surface area contributed by atoms with Crippen LogP contribution in [-0.4, -0.2) is 27.5 Å². The van der Waals surface area contributed by atoms with Crippen molar-refractivity contribution in [1.82, 2.24) is 0 Å². The van der Waals surface area contributed by atoms with Gasteiger partial charge >= 0.3 is 0 Å². The molecule has 0 fully saturated rings. The second kappa shape index (κ2) is 10.1. The summed E-state index contributed by atoms with van der Waals surface area (Å²) < 4.78 is 60.7. The van der Waals surface area contributed by atoms with Gasteiger partial charge in [-0.05, 0) is 73.7 Å². The van der Waals surface area contributed by atoms with Crippen LogP contribution >= 0.6 is 15.9 Å². The van der Waals surface area contributed by atoms with Gasteiger partial charge in [-0.2, -0.15) is 0 Å². The third-order valence-corrected chi connectivity index (χ3v) is 6.61. The van der Waals surface area contributed by atoms with Crippen LogP contribution in [0.3, 0.4) is 0 Å². The van der Waals surface area contributed by atoms with E-state index in [1.54, 1.807) is 12.1 Å². The van der Waals surface area contributed by atoms with Crippen LogP contribution in [0, 0.1) is 11.6 Å². The standard InChI is InChI=1S/C22H19BrF2N2O4S/c1-2-31-18-8-6-17(7-9-18)27(32(29,30)19-10-4-16(24)5-11-19)14-22(28)26-21-12-3-15(23)13-20(21)25/h3-13H,2,14H2,1H3,(H,26,28). The number of hydrogen-bond acceptors (Lipinski definition) is 4. The van der Waals surface area contributed by atoms with Gasteiger partial charge in [0.1, 0.15) is 23.9 Å². The van der Waals surface area contributed by atoms with Crippen LogP contribution in [0.1, 0.15) is 6.92 Å². The summed E-state index contributed by atoms with van der Waals surface area (Å²) in [6.07, 6.45) is 0. The van der Waals surface area contributed by atoms with Gasteiger partial charge in [0.2, 0.25) is 5.91 Å². The molecule has 3 aromatic carbocycles. The summed E-state index contributed by atoms with van der Waals surface area (Å²) >= 11 is 3.13. The lowest BCUT2D eigenvalue weighted by molar-refractivity contribution is -0.114. The van der Waals surface area contributed by atoms with E-state index in [-0.39, 0.29) is 16.3 Å². The quantitative estimate of drug-likeness (QED) is 0.451. The minimum absolute atomic E-state index is 0.0935. The van der Waals surface area contributed by atoms with Crippen molar-refractivity contribution < 1.29 is 26.7 Å². The van der Waals surface area contributed by atoms with Gasteiger partial charge in [-0.3, -0.25) is 9.10 Å². The fourth-order valence-corrected chi connectivity index (χ4v) is 4.59. The molecule has 32 heavy (non-hydrogen) atoms.